The minimum Gasteiger partial charge on any atom is -0.460 e. The van der Waals surface area contributed by atoms with Crippen molar-refractivity contribution in [1.29, 1.82) is 0 Å². The van der Waals surface area contributed by atoms with Crippen LogP contribution in [0.5, 0.6) is 0 Å². The van der Waals surface area contributed by atoms with Crippen LogP contribution in [0, 0.1) is 0 Å². The summed E-state index contributed by atoms with van der Waals surface area (Å²) < 4.78 is 9.16. The van der Waals surface area contributed by atoms with Crippen LogP contribution in [0.3, 0.4) is 0 Å². The standard InChI is InChI=1S/C4H6O3/c5-1-2-6-4-3-7-4/h3,5H,1-2H2. The van der Waals surface area contributed by atoms with Crippen LogP contribution >= 0.6 is 0 Å². The van der Waals surface area contributed by atoms with Gasteiger partial charge in [0.1, 0.15) is 6.61 Å². The highest BCUT2D eigenvalue weighted by molar-refractivity contribution is 4.91. The first-order valence-electron chi connectivity index (χ1n) is 2.04. The Hall–Kier alpha value is -0.700. The van der Waals surface area contributed by atoms with Gasteiger partial charge in [-0.1, -0.05) is 0 Å². The molecule has 1 heterocycles. The molecule has 0 aromatic heterocycles. The fourth-order valence-corrected chi connectivity index (χ4v) is 0.238. The maximum atomic E-state index is 8.14. The molecule has 7 heavy (non-hydrogen) atoms. The maximum absolute atomic E-state index is 8.14. The van der Waals surface area contributed by atoms with Crippen molar-refractivity contribution in [3.63, 3.8) is 0 Å². The third kappa shape index (κ3) is 1.45. The summed E-state index contributed by atoms with van der Waals surface area (Å²) in [5, 5.41) is 8.14. The second-order valence-corrected chi connectivity index (χ2v) is 1.13. The molecule has 3 heteroatoms. The molecule has 0 aliphatic carbocycles. The van der Waals surface area contributed by atoms with Crippen LogP contribution in [0.2, 0.25) is 0 Å². The van der Waals surface area contributed by atoms with E-state index in [1.165, 1.54) is 6.26 Å². The van der Waals surface area contributed by atoms with Crippen molar-refractivity contribution < 1.29 is 14.6 Å². The molecule has 0 saturated carbocycles. The number of hydrogen-bond donors (Lipinski definition) is 1. The molecule has 1 N–H and O–H groups in total. The molecule has 40 valence electrons. The summed E-state index contributed by atoms with van der Waals surface area (Å²) in [7, 11) is 0. The molecule has 0 spiro atoms. The summed E-state index contributed by atoms with van der Waals surface area (Å²) >= 11 is 0. The Morgan fingerprint density at radius 2 is 2.57 bits per heavy atom. The predicted octanol–water partition coefficient (Wildman–Crippen LogP) is -0.176. The van der Waals surface area contributed by atoms with E-state index in [-0.39, 0.29) is 6.61 Å². The largest absolute Gasteiger partial charge is 0.460 e. The minimum absolute atomic E-state index is 0.0424. The van der Waals surface area contributed by atoms with Gasteiger partial charge in [-0.25, -0.2) is 0 Å². The first kappa shape index (κ1) is 4.46. The second-order valence-electron chi connectivity index (χ2n) is 1.13. The Morgan fingerprint density at radius 3 is 3.00 bits per heavy atom. The summed E-state index contributed by atoms with van der Waals surface area (Å²) in [5.41, 5.74) is 0. The van der Waals surface area contributed by atoms with Crippen molar-refractivity contribution in [2.24, 2.45) is 0 Å². The summed E-state index contributed by atoms with van der Waals surface area (Å²) in [6.45, 7) is 0.368. The average Bonchev–Trinajstić information content (AvgIpc) is 2.42. The molecule has 0 radical (unpaired) electrons. The van der Waals surface area contributed by atoms with Crippen molar-refractivity contribution in [2.75, 3.05) is 13.2 Å². The van der Waals surface area contributed by atoms with E-state index < -0.39 is 0 Å². The zero-order chi connectivity index (χ0) is 5.11. The number of aliphatic hydroxyl groups is 1. The Balaban J connectivity index is 1.89. The van der Waals surface area contributed by atoms with Crippen LogP contribution < -0.4 is 0 Å². The van der Waals surface area contributed by atoms with E-state index in [0.717, 1.165) is 0 Å². The highest BCUT2D eigenvalue weighted by atomic mass is 16.7. The molecule has 0 saturated heterocycles. The summed E-state index contributed by atoms with van der Waals surface area (Å²) in [6.07, 6.45) is 1.48. The van der Waals surface area contributed by atoms with Crippen molar-refractivity contribution in [2.45, 2.75) is 0 Å². The molecule has 0 bridgehead atoms. The van der Waals surface area contributed by atoms with Crippen LogP contribution in [-0.4, -0.2) is 18.3 Å². The van der Waals surface area contributed by atoms with Gasteiger partial charge in [0, 0.05) is 0 Å². The Bertz CT molecular complexity index is 86.9. The van der Waals surface area contributed by atoms with Gasteiger partial charge in [0.25, 0.3) is 0 Å². The van der Waals surface area contributed by atoms with Gasteiger partial charge in [0.2, 0.25) is 0 Å². The third-order valence-electron chi connectivity index (χ3n) is 0.550. The molecule has 0 unspecified atom stereocenters. The van der Waals surface area contributed by atoms with Crippen molar-refractivity contribution in [3.05, 3.63) is 12.2 Å². The molecule has 1 rings (SSSR count). The normalized spacial score (nSPS) is 14.7. The molecule has 0 aromatic rings. The van der Waals surface area contributed by atoms with Gasteiger partial charge in [-0.2, -0.15) is 0 Å². The quantitative estimate of drug-likeness (QED) is 0.537. The molecule has 3 nitrogen and oxygen atoms in total. The third-order valence-corrected chi connectivity index (χ3v) is 0.550. The zero-order valence-corrected chi connectivity index (χ0v) is 3.76. The number of hydrogen-bond acceptors (Lipinski definition) is 3. The number of aliphatic hydroxyl groups excluding tert-OH is 1. The zero-order valence-electron chi connectivity index (χ0n) is 3.76. The van der Waals surface area contributed by atoms with Crippen LogP contribution in [-0.2, 0) is 9.47 Å². The SMILES string of the molecule is OCCOC1=CO1. The van der Waals surface area contributed by atoms with Crippen molar-refractivity contribution in [1.82, 2.24) is 0 Å². The molecule has 1 aliphatic heterocycles. The lowest BCUT2D eigenvalue weighted by Gasteiger charge is -1.90. The van der Waals surface area contributed by atoms with E-state index in [1.54, 1.807) is 0 Å². The monoisotopic (exact) mass is 102 g/mol. The highest BCUT2D eigenvalue weighted by Crippen LogP contribution is 2.12. The number of rotatable bonds is 3. The van der Waals surface area contributed by atoms with Crippen LogP contribution in [0.1, 0.15) is 0 Å². The lowest BCUT2D eigenvalue weighted by molar-refractivity contribution is 0.112. The highest BCUT2D eigenvalue weighted by Gasteiger charge is 2.09. The van der Waals surface area contributed by atoms with Crippen molar-refractivity contribution >= 4 is 0 Å². The topological polar surface area (TPSA) is 42.0 Å². The smallest absolute Gasteiger partial charge is 0.321 e. The molecule has 0 amide bonds. The fourth-order valence-electron chi connectivity index (χ4n) is 0.238. The lowest BCUT2D eigenvalue weighted by Crippen LogP contribution is -1.93. The van der Waals surface area contributed by atoms with E-state index in [0.29, 0.717) is 12.6 Å². The molecular formula is C4H6O3. The lowest BCUT2D eigenvalue weighted by atomic mass is 10.8. The van der Waals surface area contributed by atoms with E-state index in [9.17, 15) is 0 Å². The minimum atomic E-state index is 0.0424. The van der Waals surface area contributed by atoms with Crippen LogP contribution in [0.4, 0.5) is 0 Å². The van der Waals surface area contributed by atoms with Gasteiger partial charge in [-0.15, -0.1) is 0 Å². The van der Waals surface area contributed by atoms with E-state index >= 15 is 0 Å². The van der Waals surface area contributed by atoms with Gasteiger partial charge in [0.15, 0.2) is 6.26 Å². The van der Waals surface area contributed by atoms with E-state index in [4.69, 9.17) is 9.84 Å². The fraction of sp³-hybridized carbons (Fsp3) is 0.500. The molecule has 0 fully saturated rings. The molecular weight excluding hydrogens is 96.0 g/mol. The molecule has 1 aliphatic rings. The summed E-state index contributed by atoms with van der Waals surface area (Å²) in [4.78, 5) is 0. The average molecular weight is 102 g/mol. The van der Waals surface area contributed by atoms with Gasteiger partial charge < -0.3 is 14.6 Å². The first-order valence-corrected chi connectivity index (χ1v) is 2.04. The van der Waals surface area contributed by atoms with Gasteiger partial charge in [-0.3, -0.25) is 0 Å². The molecule has 0 aromatic carbocycles. The Labute approximate surface area is 41.2 Å². The van der Waals surface area contributed by atoms with E-state index in [2.05, 4.69) is 4.74 Å². The Kier molecular flexibility index (Phi) is 1.17. The summed E-state index contributed by atoms with van der Waals surface area (Å²) in [6, 6.07) is 0. The van der Waals surface area contributed by atoms with E-state index in [1.807, 2.05) is 0 Å². The number of ether oxygens (including phenoxy) is 2. The predicted molar refractivity (Wildman–Crippen MR) is 22.2 cm³/mol. The first-order chi connectivity index (χ1) is 3.43. The summed E-state index contributed by atoms with van der Waals surface area (Å²) in [5.74, 6) is 0.522. The van der Waals surface area contributed by atoms with Gasteiger partial charge in [0.05, 0.1) is 6.61 Å². The van der Waals surface area contributed by atoms with Crippen LogP contribution in [0.15, 0.2) is 12.2 Å². The van der Waals surface area contributed by atoms with Crippen LogP contribution in [0.25, 0.3) is 0 Å². The maximum Gasteiger partial charge on any atom is 0.321 e. The second kappa shape index (κ2) is 1.84. The van der Waals surface area contributed by atoms with Crippen molar-refractivity contribution in [3.8, 4) is 0 Å². The molecule has 0 atom stereocenters. The van der Waals surface area contributed by atoms with Gasteiger partial charge in [-0.05, 0) is 0 Å². The van der Waals surface area contributed by atoms with Gasteiger partial charge >= 0.3 is 5.95 Å². The Morgan fingerprint density at radius 1 is 1.86 bits per heavy atom.